The summed E-state index contributed by atoms with van der Waals surface area (Å²) >= 11 is 0. The maximum absolute atomic E-state index is 9.99. The highest BCUT2D eigenvalue weighted by Gasteiger charge is 2.17. The quantitative estimate of drug-likeness (QED) is 0.319. The Bertz CT molecular complexity index is 156. The van der Waals surface area contributed by atoms with Gasteiger partial charge in [-0.05, 0) is 6.08 Å². The van der Waals surface area contributed by atoms with E-state index in [1.165, 1.54) is 0 Å². The van der Waals surface area contributed by atoms with Crippen LogP contribution in [0.25, 0.3) is 0 Å². The Morgan fingerprint density at radius 2 is 2.30 bits per heavy atom. The minimum atomic E-state index is -1.57. The van der Waals surface area contributed by atoms with E-state index < -0.39 is 12.3 Å². The number of carbonyl (C=O) groups excluding carboxylic acids is 1. The van der Waals surface area contributed by atoms with Crippen LogP contribution in [0.5, 0.6) is 0 Å². The van der Waals surface area contributed by atoms with Crippen molar-refractivity contribution in [1.82, 2.24) is 4.90 Å². The summed E-state index contributed by atoms with van der Waals surface area (Å²) in [5.41, 5.74) is 0. The molecule has 0 fully saturated rings. The molecule has 0 saturated carbocycles. The predicted molar refractivity (Wildman–Crippen MR) is 31.8 cm³/mol. The van der Waals surface area contributed by atoms with Gasteiger partial charge in [-0.15, -0.1) is 0 Å². The van der Waals surface area contributed by atoms with Crippen LogP contribution < -0.4 is 0 Å². The Labute approximate surface area is 57.2 Å². The SMILES string of the molecule is C=CC(O)N([C]=O)C(=O)O. The highest BCUT2D eigenvalue weighted by Crippen LogP contribution is 1.92. The molecule has 0 rings (SSSR count). The number of rotatable bonds is 3. The van der Waals surface area contributed by atoms with E-state index in [1.807, 2.05) is 0 Å². The molecule has 1 unspecified atom stereocenters. The Hall–Kier alpha value is -1.36. The molecule has 0 aromatic rings. The van der Waals surface area contributed by atoms with Gasteiger partial charge < -0.3 is 10.2 Å². The average molecular weight is 144 g/mol. The lowest BCUT2D eigenvalue weighted by Crippen LogP contribution is -2.36. The van der Waals surface area contributed by atoms with Gasteiger partial charge >= 0.3 is 12.5 Å². The number of nitrogens with zero attached hydrogens (tertiary/aromatic N) is 1. The maximum Gasteiger partial charge on any atom is 0.416 e. The monoisotopic (exact) mass is 144 g/mol. The maximum atomic E-state index is 9.99. The third-order valence-corrected chi connectivity index (χ3v) is 0.780. The third-order valence-electron chi connectivity index (χ3n) is 0.780. The Kier molecular flexibility index (Phi) is 3.13. The van der Waals surface area contributed by atoms with E-state index in [1.54, 1.807) is 0 Å². The smallest absolute Gasteiger partial charge is 0.416 e. The van der Waals surface area contributed by atoms with Gasteiger partial charge in [0, 0.05) is 0 Å². The zero-order valence-electron chi connectivity index (χ0n) is 5.02. The molecule has 5 heteroatoms. The number of amides is 2. The van der Waals surface area contributed by atoms with Crippen LogP contribution in [0.4, 0.5) is 4.79 Å². The van der Waals surface area contributed by atoms with E-state index in [0.717, 1.165) is 12.5 Å². The van der Waals surface area contributed by atoms with Gasteiger partial charge in [0.15, 0.2) is 6.23 Å². The van der Waals surface area contributed by atoms with E-state index in [2.05, 4.69) is 6.58 Å². The molecule has 0 spiro atoms. The lowest BCUT2D eigenvalue weighted by atomic mass is 10.5. The van der Waals surface area contributed by atoms with Crippen molar-refractivity contribution in [3.63, 3.8) is 0 Å². The second-order valence-electron chi connectivity index (χ2n) is 1.39. The van der Waals surface area contributed by atoms with Crippen molar-refractivity contribution < 1.29 is 19.8 Å². The van der Waals surface area contributed by atoms with Gasteiger partial charge in [0.1, 0.15) is 0 Å². The summed E-state index contributed by atoms with van der Waals surface area (Å²) in [5, 5.41) is 16.8. The number of carbonyl (C=O) groups is 1. The first-order chi connectivity index (χ1) is 4.63. The molecule has 2 N–H and O–H groups in total. The summed E-state index contributed by atoms with van der Waals surface area (Å²) in [4.78, 5) is 19.8. The van der Waals surface area contributed by atoms with Gasteiger partial charge in [-0.1, -0.05) is 6.58 Å². The fourth-order valence-corrected chi connectivity index (χ4v) is 0.312. The molecule has 0 aromatic heterocycles. The highest BCUT2D eigenvalue weighted by molar-refractivity contribution is 5.79. The molecular weight excluding hydrogens is 138 g/mol. The van der Waals surface area contributed by atoms with Gasteiger partial charge in [-0.2, -0.15) is 0 Å². The molecule has 5 nitrogen and oxygen atoms in total. The molecular formula is C5H6NO4. The Morgan fingerprint density at radius 3 is 2.40 bits per heavy atom. The van der Waals surface area contributed by atoms with Gasteiger partial charge in [0.05, 0.1) is 0 Å². The predicted octanol–water partition coefficient (Wildman–Crippen LogP) is -0.462. The Balaban J connectivity index is 4.19. The summed E-state index contributed by atoms with van der Waals surface area (Å²) in [6.45, 7) is 3.08. The number of aliphatic hydroxyl groups is 1. The summed E-state index contributed by atoms with van der Waals surface area (Å²) < 4.78 is 0. The van der Waals surface area contributed by atoms with Crippen molar-refractivity contribution in [2.45, 2.75) is 6.23 Å². The average Bonchev–Trinajstić information content (AvgIpc) is 1.88. The van der Waals surface area contributed by atoms with E-state index >= 15 is 0 Å². The fraction of sp³-hybridized carbons (Fsp3) is 0.200. The standard InChI is InChI=1S/C5H6NO4/c1-2-4(8)6(3-7)5(9)10/h2,4,8H,1H2,(H,9,10). The summed E-state index contributed by atoms with van der Waals surface area (Å²) in [6, 6.07) is 0. The first-order valence-corrected chi connectivity index (χ1v) is 2.34. The van der Waals surface area contributed by atoms with Crippen molar-refractivity contribution >= 4 is 12.5 Å². The zero-order chi connectivity index (χ0) is 8.15. The molecule has 0 aliphatic heterocycles. The summed E-state index contributed by atoms with van der Waals surface area (Å²) in [6.07, 6.45) is -1.17. The van der Waals surface area contributed by atoms with E-state index in [4.69, 9.17) is 10.2 Å². The van der Waals surface area contributed by atoms with E-state index in [0.29, 0.717) is 0 Å². The van der Waals surface area contributed by atoms with Gasteiger partial charge in [0.2, 0.25) is 0 Å². The van der Waals surface area contributed by atoms with Gasteiger partial charge in [0.25, 0.3) is 0 Å². The van der Waals surface area contributed by atoms with Crippen LogP contribution in [-0.2, 0) is 4.79 Å². The number of aliphatic hydroxyl groups excluding tert-OH is 1. The lowest BCUT2D eigenvalue weighted by Gasteiger charge is -2.12. The van der Waals surface area contributed by atoms with Gasteiger partial charge in [-0.3, -0.25) is 4.79 Å². The summed E-state index contributed by atoms with van der Waals surface area (Å²) in [7, 11) is 0. The second-order valence-corrected chi connectivity index (χ2v) is 1.39. The lowest BCUT2D eigenvalue weighted by molar-refractivity contribution is 0.0833. The number of hydrogen-bond donors (Lipinski definition) is 2. The molecule has 0 aliphatic carbocycles. The molecule has 0 aliphatic rings. The second kappa shape index (κ2) is 3.62. The van der Waals surface area contributed by atoms with Crippen molar-refractivity contribution in [3.8, 4) is 0 Å². The number of hydrogen-bond acceptors (Lipinski definition) is 3. The van der Waals surface area contributed by atoms with E-state index in [-0.39, 0.29) is 4.90 Å². The molecule has 0 heterocycles. The Morgan fingerprint density at radius 1 is 1.80 bits per heavy atom. The summed E-state index contributed by atoms with van der Waals surface area (Å²) in [5.74, 6) is 0. The van der Waals surface area contributed by atoms with Crippen LogP contribution in [0.2, 0.25) is 0 Å². The molecule has 0 saturated heterocycles. The number of imide groups is 1. The highest BCUT2D eigenvalue weighted by atomic mass is 16.4. The minimum Gasteiger partial charge on any atom is -0.465 e. The molecule has 2 amide bonds. The number of carboxylic acid groups (broad SMARTS) is 1. The van der Waals surface area contributed by atoms with Crippen molar-refractivity contribution in [1.29, 1.82) is 0 Å². The van der Waals surface area contributed by atoms with Crippen LogP contribution in [0.3, 0.4) is 0 Å². The third kappa shape index (κ3) is 1.87. The molecule has 1 atom stereocenters. The van der Waals surface area contributed by atoms with Crippen LogP contribution >= 0.6 is 0 Å². The normalized spacial score (nSPS) is 11.7. The molecule has 10 heavy (non-hydrogen) atoms. The van der Waals surface area contributed by atoms with Crippen LogP contribution in [0.15, 0.2) is 12.7 Å². The first kappa shape index (κ1) is 8.64. The molecule has 1 radical (unpaired) electrons. The molecule has 0 aromatic carbocycles. The van der Waals surface area contributed by atoms with Crippen molar-refractivity contribution in [2.24, 2.45) is 0 Å². The van der Waals surface area contributed by atoms with Crippen molar-refractivity contribution in [2.75, 3.05) is 0 Å². The van der Waals surface area contributed by atoms with Crippen LogP contribution in [0.1, 0.15) is 0 Å². The first-order valence-electron chi connectivity index (χ1n) is 2.34. The van der Waals surface area contributed by atoms with Crippen LogP contribution in [-0.4, -0.2) is 33.8 Å². The van der Waals surface area contributed by atoms with E-state index in [9.17, 15) is 9.59 Å². The molecule has 0 bridgehead atoms. The minimum absolute atomic E-state index is 0.0625. The zero-order valence-corrected chi connectivity index (χ0v) is 5.02. The van der Waals surface area contributed by atoms with Crippen molar-refractivity contribution in [3.05, 3.63) is 12.7 Å². The van der Waals surface area contributed by atoms with Gasteiger partial charge in [-0.25, -0.2) is 9.69 Å². The fourth-order valence-electron chi connectivity index (χ4n) is 0.312. The topological polar surface area (TPSA) is 77.8 Å². The largest absolute Gasteiger partial charge is 0.465 e. The molecule has 55 valence electrons. The van der Waals surface area contributed by atoms with Crippen LogP contribution in [0, 0.1) is 0 Å².